The number of alkyl halides is 1. The van der Waals surface area contributed by atoms with E-state index in [4.69, 9.17) is 17.3 Å². The first kappa shape index (κ1) is 11.5. The molecule has 0 fully saturated rings. The van der Waals surface area contributed by atoms with Crippen LogP contribution in [0, 0.1) is 17.0 Å². The lowest BCUT2D eigenvalue weighted by molar-refractivity contribution is -0.384. The average molecular weight is 228 g/mol. The van der Waals surface area contributed by atoms with Crippen LogP contribution < -0.4 is 5.73 Å². The number of nitrogens with two attached hydrogens (primary N) is 1. The highest BCUT2D eigenvalue weighted by molar-refractivity contribution is 6.28. The molecule has 0 radical (unpaired) electrons. The first-order valence-electron chi connectivity index (χ1n) is 4.18. The van der Waals surface area contributed by atoms with E-state index in [1.807, 2.05) is 0 Å². The first-order chi connectivity index (χ1) is 7.04. The smallest absolute Gasteiger partial charge is 0.271 e. The molecule has 6 heteroatoms. The number of nitro groups is 1. The minimum Gasteiger partial charge on any atom is -0.386 e. The summed E-state index contributed by atoms with van der Waals surface area (Å²) in [7, 11) is 0. The van der Waals surface area contributed by atoms with E-state index in [0.29, 0.717) is 5.69 Å². The third-order valence-electron chi connectivity index (χ3n) is 1.80. The van der Waals surface area contributed by atoms with Gasteiger partial charge in [-0.05, 0) is 12.5 Å². The van der Waals surface area contributed by atoms with Gasteiger partial charge in [-0.15, -0.1) is 11.6 Å². The summed E-state index contributed by atoms with van der Waals surface area (Å²) in [6, 6.07) is 4.42. The Morgan fingerprint density at radius 1 is 1.67 bits per heavy atom. The highest BCUT2D eigenvalue weighted by Crippen LogP contribution is 2.24. The van der Waals surface area contributed by atoms with Crippen LogP contribution >= 0.6 is 11.6 Å². The van der Waals surface area contributed by atoms with E-state index >= 15 is 0 Å². The standard InChI is InChI=1S/C9H10ClN3O2/c1-6-2-3-7(13(14)15)4-8(6)12-9(11)5-10/h2-4H,5H2,1H3,(H2,11,12). The Morgan fingerprint density at radius 3 is 2.87 bits per heavy atom. The van der Waals surface area contributed by atoms with Crippen molar-refractivity contribution in [2.45, 2.75) is 6.92 Å². The lowest BCUT2D eigenvalue weighted by atomic mass is 10.2. The maximum Gasteiger partial charge on any atom is 0.271 e. The zero-order chi connectivity index (χ0) is 11.4. The van der Waals surface area contributed by atoms with Gasteiger partial charge in [-0.1, -0.05) is 6.07 Å². The molecule has 1 rings (SSSR count). The molecule has 0 saturated heterocycles. The summed E-state index contributed by atoms with van der Waals surface area (Å²) < 4.78 is 0. The predicted octanol–water partition coefficient (Wildman–Crippen LogP) is 2.13. The molecule has 0 aliphatic carbocycles. The highest BCUT2D eigenvalue weighted by atomic mass is 35.5. The van der Waals surface area contributed by atoms with Crippen molar-refractivity contribution < 1.29 is 4.92 Å². The van der Waals surface area contributed by atoms with Gasteiger partial charge in [0.15, 0.2) is 0 Å². The number of aryl methyl sites for hydroxylation is 1. The van der Waals surface area contributed by atoms with Gasteiger partial charge in [-0.3, -0.25) is 10.1 Å². The lowest BCUT2D eigenvalue weighted by Crippen LogP contribution is -2.12. The number of non-ortho nitro benzene ring substituents is 1. The number of amidine groups is 1. The SMILES string of the molecule is Cc1ccc([N+](=O)[O-])cc1N=C(N)CCl. The van der Waals surface area contributed by atoms with Crippen molar-refractivity contribution in [2.24, 2.45) is 10.7 Å². The van der Waals surface area contributed by atoms with Crippen LogP contribution in [0.25, 0.3) is 0 Å². The molecule has 0 unspecified atom stereocenters. The van der Waals surface area contributed by atoms with Gasteiger partial charge in [0.1, 0.15) is 5.84 Å². The largest absolute Gasteiger partial charge is 0.386 e. The van der Waals surface area contributed by atoms with Crippen LogP contribution in [0.3, 0.4) is 0 Å². The Bertz CT molecular complexity index is 418. The fourth-order valence-electron chi connectivity index (χ4n) is 1.02. The molecule has 1 aromatic rings. The van der Waals surface area contributed by atoms with Crippen LogP contribution in [0.2, 0.25) is 0 Å². The van der Waals surface area contributed by atoms with Crippen LogP contribution in [0.5, 0.6) is 0 Å². The van der Waals surface area contributed by atoms with E-state index in [0.717, 1.165) is 5.56 Å². The van der Waals surface area contributed by atoms with E-state index in [1.165, 1.54) is 12.1 Å². The number of benzene rings is 1. The van der Waals surface area contributed by atoms with E-state index < -0.39 is 4.92 Å². The number of rotatable bonds is 3. The number of nitro benzene ring substituents is 1. The van der Waals surface area contributed by atoms with Crippen molar-refractivity contribution in [3.8, 4) is 0 Å². The van der Waals surface area contributed by atoms with Gasteiger partial charge in [-0.2, -0.15) is 0 Å². The Kier molecular flexibility index (Phi) is 3.62. The maximum absolute atomic E-state index is 10.5. The van der Waals surface area contributed by atoms with Crippen LogP contribution in [0.4, 0.5) is 11.4 Å². The molecule has 0 atom stereocenters. The predicted molar refractivity (Wildman–Crippen MR) is 59.8 cm³/mol. The fourth-order valence-corrected chi connectivity index (χ4v) is 1.08. The van der Waals surface area contributed by atoms with Crippen molar-refractivity contribution in [2.75, 3.05) is 5.88 Å². The van der Waals surface area contributed by atoms with E-state index in [2.05, 4.69) is 4.99 Å². The molecule has 1 aromatic carbocycles. The third kappa shape index (κ3) is 2.92. The van der Waals surface area contributed by atoms with E-state index in [9.17, 15) is 10.1 Å². The summed E-state index contributed by atoms with van der Waals surface area (Å²) in [4.78, 5) is 14.0. The Labute approximate surface area is 91.7 Å². The molecule has 0 aliphatic heterocycles. The van der Waals surface area contributed by atoms with Crippen molar-refractivity contribution in [1.82, 2.24) is 0 Å². The second kappa shape index (κ2) is 4.75. The van der Waals surface area contributed by atoms with Crippen LogP contribution in [0.1, 0.15) is 5.56 Å². The van der Waals surface area contributed by atoms with Crippen molar-refractivity contribution >= 4 is 28.8 Å². The van der Waals surface area contributed by atoms with Gasteiger partial charge in [-0.25, -0.2) is 4.99 Å². The molecule has 0 heterocycles. The van der Waals surface area contributed by atoms with Gasteiger partial charge in [0.2, 0.25) is 0 Å². The molecule has 0 amide bonds. The van der Waals surface area contributed by atoms with E-state index in [-0.39, 0.29) is 17.4 Å². The van der Waals surface area contributed by atoms with Crippen molar-refractivity contribution in [1.29, 1.82) is 0 Å². The zero-order valence-corrected chi connectivity index (χ0v) is 8.86. The van der Waals surface area contributed by atoms with Crippen molar-refractivity contribution in [3.63, 3.8) is 0 Å². The molecule has 0 saturated carbocycles. The van der Waals surface area contributed by atoms with E-state index in [1.54, 1.807) is 13.0 Å². The maximum atomic E-state index is 10.5. The Hall–Kier alpha value is -1.62. The Balaban J connectivity index is 3.17. The Morgan fingerprint density at radius 2 is 2.33 bits per heavy atom. The molecule has 0 aromatic heterocycles. The van der Waals surface area contributed by atoms with Crippen LogP contribution in [-0.2, 0) is 0 Å². The van der Waals surface area contributed by atoms with Gasteiger partial charge >= 0.3 is 0 Å². The quantitative estimate of drug-likeness (QED) is 0.282. The normalized spacial score (nSPS) is 11.5. The van der Waals surface area contributed by atoms with Gasteiger partial charge in [0.05, 0.1) is 16.5 Å². The number of halogens is 1. The lowest BCUT2D eigenvalue weighted by Gasteiger charge is -2.01. The second-order valence-electron chi connectivity index (χ2n) is 2.96. The molecule has 0 bridgehead atoms. The third-order valence-corrected chi connectivity index (χ3v) is 2.08. The van der Waals surface area contributed by atoms with Gasteiger partial charge < -0.3 is 5.73 Å². The summed E-state index contributed by atoms with van der Waals surface area (Å²) in [5, 5.41) is 10.5. The minimum absolute atomic E-state index is 0.0123. The molecular weight excluding hydrogens is 218 g/mol. The molecule has 2 N–H and O–H groups in total. The van der Waals surface area contributed by atoms with Gasteiger partial charge in [0, 0.05) is 12.1 Å². The number of aliphatic imine (C=N–C) groups is 1. The number of hydrogen-bond donors (Lipinski definition) is 1. The summed E-state index contributed by atoms with van der Waals surface area (Å²) in [6.45, 7) is 1.80. The summed E-state index contributed by atoms with van der Waals surface area (Å²) >= 11 is 5.47. The molecule has 0 aliphatic rings. The molecule has 5 nitrogen and oxygen atoms in total. The summed E-state index contributed by atoms with van der Waals surface area (Å²) in [6.07, 6.45) is 0. The van der Waals surface area contributed by atoms with Crippen LogP contribution in [0.15, 0.2) is 23.2 Å². The van der Waals surface area contributed by atoms with Crippen molar-refractivity contribution in [3.05, 3.63) is 33.9 Å². The topological polar surface area (TPSA) is 81.5 Å². The molecular formula is C9H10ClN3O2. The number of hydrogen-bond acceptors (Lipinski definition) is 3. The van der Waals surface area contributed by atoms with Gasteiger partial charge in [0.25, 0.3) is 5.69 Å². The first-order valence-corrected chi connectivity index (χ1v) is 4.72. The average Bonchev–Trinajstić information content (AvgIpc) is 2.20. The molecule has 80 valence electrons. The number of nitrogens with zero attached hydrogens (tertiary/aromatic N) is 2. The summed E-state index contributed by atoms with van der Waals surface area (Å²) in [5.41, 5.74) is 6.72. The fraction of sp³-hybridized carbons (Fsp3) is 0.222. The zero-order valence-electron chi connectivity index (χ0n) is 8.11. The molecule has 15 heavy (non-hydrogen) atoms. The highest BCUT2D eigenvalue weighted by Gasteiger charge is 2.08. The van der Waals surface area contributed by atoms with Crippen LogP contribution in [-0.4, -0.2) is 16.6 Å². The summed E-state index contributed by atoms with van der Waals surface area (Å²) in [5.74, 6) is 0.336. The molecule has 0 spiro atoms. The minimum atomic E-state index is -0.477. The monoisotopic (exact) mass is 227 g/mol. The second-order valence-corrected chi connectivity index (χ2v) is 3.23.